The molecule has 20 heavy (non-hydrogen) atoms. The van der Waals surface area contributed by atoms with Crippen molar-refractivity contribution < 1.29 is 4.74 Å². The first kappa shape index (κ1) is 14.9. The van der Waals surface area contributed by atoms with Crippen molar-refractivity contribution in [3.63, 3.8) is 0 Å². The molecule has 2 rings (SSSR count). The molecule has 3 nitrogen and oxygen atoms in total. The molecule has 1 atom stereocenters. The van der Waals surface area contributed by atoms with Gasteiger partial charge in [0.05, 0.1) is 12.7 Å². The average molecular weight is 272 g/mol. The molecule has 108 valence electrons. The molecule has 0 radical (unpaired) electrons. The Morgan fingerprint density at radius 2 is 2.25 bits per heavy atom. The number of nitriles is 1. The van der Waals surface area contributed by atoms with Crippen molar-refractivity contribution in [1.82, 2.24) is 5.32 Å². The Balaban J connectivity index is 1.91. The summed E-state index contributed by atoms with van der Waals surface area (Å²) in [6, 6.07) is 10.9. The third-order valence-electron chi connectivity index (χ3n) is 4.01. The second kappa shape index (κ2) is 6.76. The summed E-state index contributed by atoms with van der Waals surface area (Å²) in [4.78, 5) is 0. The van der Waals surface area contributed by atoms with Gasteiger partial charge in [-0.05, 0) is 50.4 Å². The SMILES string of the molecule is CCCNC(C)c1cccc(OCC2(CC#N)CC2)c1. The van der Waals surface area contributed by atoms with Crippen molar-refractivity contribution in [3.05, 3.63) is 29.8 Å². The van der Waals surface area contributed by atoms with Gasteiger partial charge in [0, 0.05) is 17.9 Å². The van der Waals surface area contributed by atoms with Gasteiger partial charge in [0.1, 0.15) is 5.75 Å². The zero-order valence-corrected chi connectivity index (χ0v) is 12.5. The van der Waals surface area contributed by atoms with Crippen LogP contribution in [0.2, 0.25) is 0 Å². The minimum atomic E-state index is 0.136. The topological polar surface area (TPSA) is 45.0 Å². The van der Waals surface area contributed by atoms with Gasteiger partial charge in [-0.25, -0.2) is 0 Å². The Hall–Kier alpha value is -1.53. The van der Waals surface area contributed by atoms with Crippen LogP contribution in [0.25, 0.3) is 0 Å². The maximum atomic E-state index is 8.82. The lowest BCUT2D eigenvalue weighted by Gasteiger charge is -2.16. The van der Waals surface area contributed by atoms with Crippen LogP contribution < -0.4 is 10.1 Å². The molecule has 0 amide bonds. The summed E-state index contributed by atoms with van der Waals surface area (Å²) in [6.07, 6.45) is 3.99. The fourth-order valence-corrected chi connectivity index (χ4v) is 2.31. The van der Waals surface area contributed by atoms with E-state index < -0.39 is 0 Å². The maximum absolute atomic E-state index is 8.82. The molecule has 1 aromatic rings. The summed E-state index contributed by atoms with van der Waals surface area (Å²) >= 11 is 0. The van der Waals surface area contributed by atoms with Gasteiger partial charge >= 0.3 is 0 Å². The van der Waals surface area contributed by atoms with E-state index in [-0.39, 0.29) is 5.41 Å². The second-order valence-corrected chi connectivity index (χ2v) is 5.87. The monoisotopic (exact) mass is 272 g/mol. The van der Waals surface area contributed by atoms with E-state index in [1.165, 1.54) is 5.56 Å². The first-order valence-corrected chi connectivity index (χ1v) is 7.52. The van der Waals surface area contributed by atoms with Crippen molar-refractivity contribution >= 4 is 0 Å². The Bertz CT molecular complexity index is 474. The Kier molecular flexibility index (Phi) is 5.03. The lowest BCUT2D eigenvalue weighted by Crippen LogP contribution is -2.19. The lowest BCUT2D eigenvalue weighted by molar-refractivity contribution is 0.236. The predicted octanol–water partition coefficient (Wildman–Crippen LogP) is 3.82. The van der Waals surface area contributed by atoms with Crippen molar-refractivity contribution in [2.45, 2.75) is 45.6 Å². The van der Waals surface area contributed by atoms with E-state index in [1.54, 1.807) is 0 Å². The molecule has 1 unspecified atom stereocenters. The van der Waals surface area contributed by atoms with Crippen LogP contribution in [0.4, 0.5) is 0 Å². The van der Waals surface area contributed by atoms with Crippen LogP contribution in [0.3, 0.4) is 0 Å². The molecular weight excluding hydrogens is 248 g/mol. The van der Waals surface area contributed by atoms with Crippen molar-refractivity contribution in [1.29, 1.82) is 5.26 Å². The van der Waals surface area contributed by atoms with Crippen LogP contribution in [0.15, 0.2) is 24.3 Å². The summed E-state index contributed by atoms with van der Waals surface area (Å²) in [7, 11) is 0. The van der Waals surface area contributed by atoms with Crippen molar-refractivity contribution in [2.24, 2.45) is 5.41 Å². The minimum Gasteiger partial charge on any atom is -0.493 e. The molecule has 1 aromatic carbocycles. The van der Waals surface area contributed by atoms with Crippen LogP contribution in [0.5, 0.6) is 5.75 Å². The molecule has 1 aliphatic carbocycles. The molecule has 0 aliphatic heterocycles. The van der Waals surface area contributed by atoms with E-state index in [2.05, 4.69) is 37.4 Å². The zero-order chi connectivity index (χ0) is 14.4. The van der Waals surface area contributed by atoms with E-state index >= 15 is 0 Å². The normalized spacial score (nSPS) is 17.2. The number of hydrogen-bond donors (Lipinski definition) is 1. The smallest absolute Gasteiger partial charge is 0.119 e. The molecule has 1 saturated carbocycles. The van der Waals surface area contributed by atoms with Gasteiger partial charge in [0.25, 0.3) is 0 Å². The van der Waals surface area contributed by atoms with Crippen molar-refractivity contribution in [2.75, 3.05) is 13.2 Å². The highest BCUT2D eigenvalue weighted by molar-refractivity contribution is 5.30. The second-order valence-electron chi connectivity index (χ2n) is 5.87. The van der Waals surface area contributed by atoms with Crippen molar-refractivity contribution in [3.8, 4) is 11.8 Å². The molecule has 3 heteroatoms. The van der Waals surface area contributed by atoms with Crippen LogP contribution in [-0.4, -0.2) is 13.2 Å². The summed E-state index contributed by atoms with van der Waals surface area (Å²) in [5.41, 5.74) is 1.39. The first-order valence-electron chi connectivity index (χ1n) is 7.52. The summed E-state index contributed by atoms with van der Waals surface area (Å²) in [5, 5.41) is 12.3. The van der Waals surface area contributed by atoms with Gasteiger partial charge < -0.3 is 10.1 Å². The van der Waals surface area contributed by atoms with Crippen LogP contribution in [0, 0.1) is 16.7 Å². The van der Waals surface area contributed by atoms with Gasteiger partial charge in [0.15, 0.2) is 0 Å². The van der Waals surface area contributed by atoms with Gasteiger partial charge in [0.2, 0.25) is 0 Å². The van der Waals surface area contributed by atoms with E-state index in [0.717, 1.165) is 31.6 Å². The number of nitrogens with zero attached hydrogens (tertiary/aromatic N) is 1. The van der Waals surface area contributed by atoms with Gasteiger partial charge in [-0.1, -0.05) is 19.1 Å². The molecule has 0 saturated heterocycles. The highest BCUT2D eigenvalue weighted by atomic mass is 16.5. The molecule has 1 aliphatic rings. The van der Waals surface area contributed by atoms with E-state index in [4.69, 9.17) is 10.00 Å². The third-order valence-corrected chi connectivity index (χ3v) is 4.01. The maximum Gasteiger partial charge on any atom is 0.119 e. The van der Waals surface area contributed by atoms with Gasteiger partial charge in [-0.3, -0.25) is 0 Å². The zero-order valence-electron chi connectivity index (χ0n) is 12.5. The Labute approximate surface area is 121 Å². The molecule has 1 N–H and O–H groups in total. The van der Waals surface area contributed by atoms with Crippen LogP contribution in [-0.2, 0) is 0 Å². The number of hydrogen-bond acceptors (Lipinski definition) is 3. The summed E-state index contributed by atoms with van der Waals surface area (Å²) in [5.74, 6) is 0.914. The number of nitrogens with one attached hydrogen (secondary N) is 1. The average Bonchev–Trinajstić information content (AvgIpc) is 3.23. The molecule has 0 heterocycles. The third kappa shape index (κ3) is 3.98. The standard InChI is InChI=1S/C17H24N2O/c1-3-11-19-14(2)15-5-4-6-16(12-15)20-13-17(7-8-17)9-10-18/h4-6,12,14,19H,3,7-9,11,13H2,1-2H3. The fourth-order valence-electron chi connectivity index (χ4n) is 2.31. The molecule has 1 fully saturated rings. The number of benzene rings is 1. The number of rotatable bonds is 8. The van der Waals surface area contributed by atoms with E-state index in [9.17, 15) is 0 Å². The van der Waals surface area contributed by atoms with E-state index in [1.807, 2.05) is 12.1 Å². The van der Waals surface area contributed by atoms with Crippen LogP contribution in [0.1, 0.15) is 51.1 Å². The molecular formula is C17H24N2O. The predicted molar refractivity (Wildman–Crippen MR) is 80.5 cm³/mol. The Morgan fingerprint density at radius 3 is 2.90 bits per heavy atom. The quantitative estimate of drug-likeness (QED) is 0.782. The molecule has 0 spiro atoms. The van der Waals surface area contributed by atoms with Gasteiger partial charge in [-0.2, -0.15) is 5.26 Å². The number of ether oxygens (including phenoxy) is 1. The van der Waals surface area contributed by atoms with Gasteiger partial charge in [-0.15, -0.1) is 0 Å². The minimum absolute atomic E-state index is 0.136. The van der Waals surface area contributed by atoms with Crippen LogP contribution >= 0.6 is 0 Å². The molecule has 0 aromatic heterocycles. The summed E-state index contributed by atoms with van der Waals surface area (Å²) in [6.45, 7) is 6.04. The fraction of sp³-hybridized carbons (Fsp3) is 0.588. The first-order chi connectivity index (χ1) is 9.69. The Morgan fingerprint density at radius 1 is 1.45 bits per heavy atom. The largest absolute Gasteiger partial charge is 0.493 e. The highest BCUT2D eigenvalue weighted by Crippen LogP contribution is 2.48. The summed E-state index contributed by atoms with van der Waals surface area (Å²) < 4.78 is 5.90. The lowest BCUT2D eigenvalue weighted by atomic mass is 10.1. The van der Waals surface area contributed by atoms with E-state index in [0.29, 0.717) is 19.1 Å². The highest BCUT2D eigenvalue weighted by Gasteiger charge is 2.43. The molecule has 0 bridgehead atoms.